The van der Waals surface area contributed by atoms with Crippen LogP contribution in [0.4, 0.5) is 10.1 Å². The van der Waals surface area contributed by atoms with Crippen molar-refractivity contribution >= 4 is 33.2 Å². The summed E-state index contributed by atoms with van der Waals surface area (Å²) in [5.74, 6) is 2.10. The Kier molecular flexibility index (Phi) is 6.73. The van der Waals surface area contributed by atoms with Crippen LogP contribution in [-0.4, -0.2) is 13.4 Å². The second kappa shape index (κ2) is 9.66. The molecule has 0 radical (unpaired) electrons. The largest absolute Gasteiger partial charge is 0.490 e. The van der Waals surface area contributed by atoms with Crippen molar-refractivity contribution in [3.05, 3.63) is 75.0 Å². The third-order valence-electron chi connectivity index (χ3n) is 4.66. The van der Waals surface area contributed by atoms with Gasteiger partial charge in [-0.3, -0.25) is 0 Å². The van der Waals surface area contributed by atoms with Crippen LogP contribution in [-0.2, 0) is 13.2 Å². The maximum atomic E-state index is 14.1. The summed E-state index contributed by atoms with van der Waals surface area (Å²) in [6.07, 6.45) is 0. The minimum atomic E-state index is -0.411. The van der Waals surface area contributed by atoms with E-state index < -0.39 is 5.82 Å². The van der Waals surface area contributed by atoms with Gasteiger partial charge in [-0.05, 0) is 64.8 Å². The molecule has 162 valence electrons. The summed E-state index contributed by atoms with van der Waals surface area (Å²) >= 11 is 9.66. The smallest absolute Gasteiger partial charge is 0.231 e. The molecule has 3 aromatic carbocycles. The van der Waals surface area contributed by atoms with E-state index in [1.807, 2.05) is 37.3 Å². The van der Waals surface area contributed by atoms with Crippen molar-refractivity contribution in [1.82, 2.24) is 0 Å². The quantitative estimate of drug-likeness (QED) is 0.373. The van der Waals surface area contributed by atoms with Gasteiger partial charge in [-0.1, -0.05) is 17.7 Å². The molecule has 4 rings (SSSR count). The van der Waals surface area contributed by atoms with E-state index >= 15 is 0 Å². The standard InChI is InChI=1S/C23H20BrClFNO4/c1-2-28-22-9-14(11-27-15-6-7-20-21(10-15)31-13-30-20)8-17(24)23(22)29-12-16-18(25)4-3-5-19(16)26/h3-10,27H,2,11-13H2,1H3. The third kappa shape index (κ3) is 4.99. The number of nitrogens with one attached hydrogen (secondary N) is 1. The number of ether oxygens (including phenoxy) is 4. The molecule has 0 amide bonds. The maximum Gasteiger partial charge on any atom is 0.231 e. The van der Waals surface area contributed by atoms with E-state index in [9.17, 15) is 4.39 Å². The van der Waals surface area contributed by atoms with E-state index in [-0.39, 0.29) is 13.4 Å². The summed E-state index contributed by atoms with van der Waals surface area (Å²) in [5, 5.41) is 3.68. The fourth-order valence-electron chi connectivity index (χ4n) is 3.15. The number of rotatable bonds is 8. The normalized spacial score (nSPS) is 12.0. The van der Waals surface area contributed by atoms with Gasteiger partial charge < -0.3 is 24.3 Å². The number of halogens is 3. The average molecular weight is 509 g/mol. The zero-order valence-electron chi connectivity index (χ0n) is 16.7. The van der Waals surface area contributed by atoms with Gasteiger partial charge in [0.05, 0.1) is 16.1 Å². The van der Waals surface area contributed by atoms with Crippen LogP contribution in [0, 0.1) is 5.82 Å². The van der Waals surface area contributed by atoms with E-state index in [0.717, 1.165) is 22.7 Å². The molecule has 1 aliphatic heterocycles. The molecule has 0 atom stereocenters. The lowest BCUT2D eigenvalue weighted by molar-refractivity contribution is 0.174. The summed E-state index contributed by atoms with van der Waals surface area (Å²) in [4.78, 5) is 0. The molecule has 8 heteroatoms. The van der Waals surface area contributed by atoms with Crippen molar-refractivity contribution in [3.63, 3.8) is 0 Å². The number of anilines is 1. The van der Waals surface area contributed by atoms with Gasteiger partial charge in [0.15, 0.2) is 23.0 Å². The first kappa shape index (κ1) is 21.6. The Morgan fingerprint density at radius 1 is 1.10 bits per heavy atom. The lowest BCUT2D eigenvalue weighted by Crippen LogP contribution is -2.05. The fraction of sp³-hybridized carbons (Fsp3) is 0.217. The van der Waals surface area contributed by atoms with E-state index in [4.69, 9.17) is 30.5 Å². The van der Waals surface area contributed by atoms with Crippen molar-refractivity contribution in [2.24, 2.45) is 0 Å². The number of hydrogen-bond donors (Lipinski definition) is 1. The molecule has 0 spiro atoms. The Labute approximate surface area is 193 Å². The summed E-state index contributed by atoms with van der Waals surface area (Å²) < 4.78 is 37.2. The van der Waals surface area contributed by atoms with Gasteiger partial charge in [0, 0.05) is 23.9 Å². The minimum Gasteiger partial charge on any atom is -0.490 e. The lowest BCUT2D eigenvalue weighted by atomic mass is 10.2. The van der Waals surface area contributed by atoms with Crippen LogP contribution in [0.2, 0.25) is 5.02 Å². The van der Waals surface area contributed by atoms with Crippen molar-refractivity contribution in [2.75, 3.05) is 18.7 Å². The Hall–Kier alpha value is -2.64. The van der Waals surface area contributed by atoms with Gasteiger partial charge in [-0.15, -0.1) is 0 Å². The molecule has 3 aromatic rings. The monoisotopic (exact) mass is 507 g/mol. The van der Waals surface area contributed by atoms with Gasteiger partial charge >= 0.3 is 0 Å². The molecule has 5 nitrogen and oxygen atoms in total. The molecule has 1 N–H and O–H groups in total. The highest BCUT2D eigenvalue weighted by molar-refractivity contribution is 9.10. The zero-order chi connectivity index (χ0) is 21.8. The van der Waals surface area contributed by atoms with Crippen LogP contribution in [0.3, 0.4) is 0 Å². The van der Waals surface area contributed by atoms with Gasteiger partial charge in [0.2, 0.25) is 6.79 Å². The van der Waals surface area contributed by atoms with E-state index in [1.165, 1.54) is 6.07 Å². The molecule has 0 saturated carbocycles. The Bertz CT molecular complexity index is 1080. The fourth-order valence-corrected chi connectivity index (χ4v) is 3.97. The lowest BCUT2D eigenvalue weighted by Gasteiger charge is -2.17. The Balaban J connectivity index is 1.50. The van der Waals surface area contributed by atoms with Crippen molar-refractivity contribution in [3.8, 4) is 23.0 Å². The number of benzene rings is 3. The Morgan fingerprint density at radius 2 is 1.94 bits per heavy atom. The molecule has 0 fully saturated rings. The summed E-state index contributed by atoms with van der Waals surface area (Å²) in [7, 11) is 0. The predicted octanol–water partition coefficient (Wildman–Crippen LogP) is 6.56. The molecule has 0 saturated heterocycles. The first-order valence-corrected chi connectivity index (χ1v) is 10.9. The first-order valence-electron chi connectivity index (χ1n) is 9.69. The first-order chi connectivity index (χ1) is 15.0. The molecule has 0 aliphatic carbocycles. The van der Waals surface area contributed by atoms with Gasteiger partial charge in [-0.25, -0.2) is 4.39 Å². The van der Waals surface area contributed by atoms with Crippen LogP contribution in [0.1, 0.15) is 18.1 Å². The van der Waals surface area contributed by atoms with Crippen molar-refractivity contribution in [2.45, 2.75) is 20.1 Å². The highest BCUT2D eigenvalue weighted by Crippen LogP contribution is 2.39. The zero-order valence-corrected chi connectivity index (χ0v) is 19.1. The SMILES string of the molecule is CCOc1cc(CNc2ccc3c(c2)OCO3)cc(Br)c1OCc1c(F)cccc1Cl. The third-order valence-corrected chi connectivity index (χ3v) is 5.60. The van der Waals surface area contributed by atoms with Crippen molar-refractivity contribution < 1.29 is 23.3 Å². The van der Waals surface area contributed by atoms with Gasteiger partial charge in [0.25, 0.3) is 0 Å². The highest BCUT2D eigenvalue weighted by Gasteiger charge is 2.16. The van der Waals surface area contributed by atoms with Crippen LogP contribution >= 0.6 is 27.5 Å². The van der Waals surface area contributed by atoms with E-state index in [0.29, 0.717) is 39.7 Å². The van der Waals surface area contributed by atoms with Gasteiger partial charge in [0.1, 0.15) is 12.4 Å². The summed E-state index contributed by atoms with van der Waals surface area (Å²) in [6.45, 7) is 3.13. The Morgan fingerprint density at radius 3 is 2.74 bits per heavy atom. The van der Waals surface area contributed by atoms with Crippen LogP contribution in [0.5, 0.6) is 23.0 Å². The molecular formula is C23H20BrClFNO4. The molecule has 1 heterocycles. The molecule has 31 heavy (non-hydrogen) atoms. The van der Waals surface area contributed by atoms with Crippen LogP contribution in [0.25, 0.3) is 0 Å². The molecule has 0 bridgehead atoms. The topological polar surface area (TPSA) is 49.0 Å². The second-order valence-corrected chi connectivity index (χ2v) is 8.01. The molecule has 1 aliphatic rings. The second-order valence-electron chi connectivity index (χ2n) is 6.75. The number of fused-ring (bicyclic) bond motifs is 1. The van der Waals surface area contributed by atoms with E-state index in [2.05, 4.69) is 21.2 Å². The van der Waals surface area contributed by atoms with Gasteiger partial charge in [-0.2, -0.15) is 0 Å². The average Bonchev–Trinajstić information content (AvgIpc) is 3.21. The number of hydrogen-bond acceptors (Lipinski definition) is 5. The summed E-state index contributed by atoms with van der Waals surface area (Å²) in [5.41, 5.74) is 2.18. The predicted molar refractivity (Wildman–Crippen MR) is 121 cm³/mol. The van der Waals surface area contributed by atoms with Crippen LogP contribution < -0.4 is 24.3 Å². The summed E-state index contributed by atoms with van der Waals surface area (Å²) in [6, 6.07) is 14.1. The highest BCUT2D eigenvalue weighted by atomic mass is 79.9. The molecular weight excluding hydrogens is 489 g/mol. The molecule has 0 unspecified atom stereocenters. The maximum absolute atomic E-state index is 14.1. The molecule has 0 aromatic heterocycles. The van der Waals surface area contributed by atoms with E-state index in [1.54, 1.807) is 12.1 Å². The van der Waals surface area contributed by atoms with Crippen molar-refractivity contribution in [1.29, 1.82) is 0 Å². The minimum absolute atomic E-state index is 0.0149. The van der Waals surface area contributed by atoms with Crippen LogP contribution in [0.15, 0.2) is 53.0 Å².